The van der Waals surface area contributed by atoms with Crippen LogP contribution in [0.25, 0.3) is 0 Å². The number of carbonyl (C=O) groups is 2. The third-order valence-corrected chi connectivity index (χ3v) is 4.93. The summed E-state index contributed by atoms with van der Waals surface area (Å²) in [4.78, 5) is 25.9. The molecule has 1 N–H and O–H groups in total. The average Bonchev–Trinajstić information content (AvgIpc) is 3.01. The molecule has 1 aromatic carbocycles. The van der Waals surface area contributed by atoms with Crippen molar-refractivity contribution in [1.29, 1.82) is 0 Å². The minimum atomic E-state index is -0.666. The van der Waals surface area contributed by atoms with Crippen molar-refractivity contribution in [1.82, 2.24) is 10.2 Å². The van der Waals surface area contributed by atoms with Crippen LogP contribution in [-0.4, -0.2) is 41.0 Å². The van der Waals surface area contributed by atoms with Crippen LogP contribution in [-0.2, 0) is 11.3 Å². The number of ether oxygens (including phenoxy) is 1. The maximum absolute atomic E-state index is 12.5. The first kappa shape index (κ1) is 13.3. The number of carbonyl (C=O) groups excluding carboxylic acids is 2. The number of methoxy groups -OCH3 is 1. The molecule has 1 unspecified atom stereocenters. The van der Waals surface area contributed by atoms with E-state index in [9.17, 15) is 9.59 Å². The molecule has 0 radical (unpaired) electrons. The highest BCUT2D eigenvalue weighted by Gasteiger charge is 2.52. The molecule has 0 bridgehead atoms. The van der Waals surface area contributed by atoms with Crippen molar-refractivity contribution in [2.45, 2.75) is 18.5 Å². The highest BCUT2D eigenvalue weighted by atomic mass is 32.2. The van der Waals surface area contributed by atoms with Gasteiger partial charge >= 0.3 is 6.03 Å². The molecule has 0 aliphatic carbocycles. The van der Waals surface area contributed by atoms with Gasteiger partial charge in [0.05, 0.1) is 13.7 Å². The number of rotatable bonds is 3. The maximum Gasteiger partial charge on any atom is 0.325 e. The molecule has 3 rings (SSSR count). The van der Waals surface area contributed by atoms with E-state index < -0.39 is 5.54 Å². The number of amides is 3. The molecule has 2 aliphatic heterocycles. The smallest absolute Gasteiger partial charge is 0.325 e. The first-order chi connectivity index (χ1) is 9.64. The number of hydrogen-bond donors (Lipinski definition) is 1. The summed E-state index contributed by atoms with van der Waals surface area (Å²) >= 11 is 1.71. The summed E-state index contributed by atoms with van der Waals surface area (Å²) in [5.74, 6) is 2.21. The van der Waals surface area contributed by atoms with Gasteiger partial charge in [-0.1, -0.05) is 12.1 Å². The van der Waals surface area contributed by atoms with E-state index in [4.69, 9.17) is 4.74 Å². The fraction of sp³-hybridized carbons (Fsp3) is 0.429. The molecule has 2 heterocycles. The number of imide groups is 1. The first-order valence-electron chi connectivity index (χ1n) is 6.49. The summed E-state index contributed by atoms with van der Waals surface area (Å²) in [6.45, 7) is 0.286. The van der Waals surface area contributed by atoms with Gasteiger partial charge in [0.1, 0.15) is 11.3 Å². The van der Waals surface area contributed by atoms with Crippen LogP contribution >= 0.6 is 11.8 Å². The molecular formula is C14H16N2O3S. The van der Waals surface area contributed by atoms with Gasteiger partial charge in [0, 0.05) is 5.75 Å². The number of nitrogens with one attached hydrogen (secondary N) is 1. The second-order valence-electron chi connectivity index (χ2n) is 5.06. The molecule has 2 saturated heterocycles. The molecule has 1 atom stereocenters. The molecule has 0 aromatic heterocycles. The van der Waals surface area contributed by atoms with E-state index in [-0.39, 0.29) is 18.5 Å². The molecule has 1 spiro atoms. The predicted octanol–water partition coefficient (Wildman–Crippen LogP) is 1.62. The largest absolute Gasteiger partial charge is 0.497 e. The van der Waals surface area contributed by atoms with Crippen LogP contribution in [0, 0.1) is 0 Å². The number of urea groups is 1. The van der Waals surface area contributed by atoms with E-state index in [1.54, 1.807) is 18.9 Å². The Morgan fingerprint density at radius 1 is 1.45 bits per heavy atom. The number of nitrogens with zero attached hydrogens (tertiary/aromatic N) is 1. The van der Waals surface area contributed by atoms with Crippen LogP contribution in [0.2, 0.25) is 0 Å². The van der Waals surface area contributed by atoms with Gasteiger partial charge < -0.3 is 10.1 Å². The van der Waals surface area contributed by atoms with E-state index >= 15 is 0 Å². The van der Waals surface area contributed by atoms with Crippen molar-refractivity contribution in [3.05, 3.63) is 29.8 Å². The summed E-state index contributed by atoms with van der Waals surface area (Å²) in [6.07, 6.45) is 0.719. The van der Waals surface area contributed by atoms with E-state index in [1.807, 2.05) is 24.3 Å². The second kappa shape index (κ2) is 5.01. The van der Waals surface area contributed by atoms with Crippen LogP contribution in [0.1, 0.15) is 12.0 Å². The van der Waals surface area contributed by atoms with Gasteiger partial charge in [0.2, 0.25) is 0 Å². The molecule has 1 aromatic rings. The Hall–Kier alpha value is -1.69. The molecule has 6 heteroatoms. The Kier molecular flexibility index (Phi) is 3.33. The Morgan fingerprint density at radius 2 is 2.30 bits per heavy atom. The van der Waals surface area contributed by atoms with Gasteiger partial charge in [-0.25, -0.2) is 4.79 Å². The zero-order chi connectivity index (χ0) is 14.2. The number of benzene rings is 1. The van der Waals surface area contributed by atoms with Gasteiger partial charge in [-0.05, 0) is 29.9 Å². The normalized spacial score (nSPS) is 25.4. The summed E-state index contributed by atoms with van der Waals surface area (Å²) in [5, 5.41) is 2.86. The van der Waals surface area contributed by atoms with Crippen LogP contribution in [0.4, 0.5) is 4.79 Å². The number of hydrogen-bond acceptors (Lipinski definition) is 4. The Bertz CT molecular complexity index is 555. The zero-order valence-electron chi connectivity index (χ0n) is 11.2. The Morgan fingerprint density at radius 3 is 3.00 bits per heavy atom. The number of thioether (sulfide) groups is 1. The lowest BCUT2D eigenvalue weighted by Crippen LogP contribution is -2.46. The van der Waals surface area contributed by atoms with Gasteiger partial charge in [-0.15, -0.1) is 0 Å². The van der Waals surface area contributed by atoms with Gasteiger partial charge in [0.25, 0.3) is 5.91 Å². The minimum Gasteiger partial charge on any atom is -0.497 e. The minimum absolute atomic E-state index is 0.102. The Balaban J connectivity index is 1.80. The van der Waals surface area contributed by atoms with Crippen LogP contribution in [0.15, 0.2) is 24.3 Å². The summed E-state index contributed by atoms with van der Waals surface area (Å²) in [6, 6.07) is 7.13. The topological polar surface area (TPSA) is 58.6 Å². The van der Waals surface area contributed by atoms with Crippen molar-refractivity contribution in [3.63, 3.8) is 0 Å². The lowest BCUT2D eigenvalue weighted by molar-refractivity contribution is -0.130. The quantitative estimate of drug-likeness (QED) is 0.860. The van der Waals surface area contributed by atoms with E-state index in [2.05, 4.69) is 5.32 Å². The first-order valence-corrected chi connectivity index (χ1v) is 7.65. The molecule has 5 nitrogen and oxygen atoms in total. The molecule has 3 amide bonds. The lowest BCUT2D eigenvalue weighted by Gasteiger charge is -2.19. The fourth-order valence-corrected chi connectivity index (χ4v) is 3.93. The molecule has 2 aliphatic rings. The van der Waals surface area contributed by atoms with Crippen molar-refractivity contribution >= 4 is 23.7 Å². The van der Waals surface area contributed by atoms with Crippen molar-refractivity contribution in [3.8, 4) is 5.75 Å². The molecular weight excluding hydrogens is 276 g/mol. The standard InChI is InChI=1S/C14H16N2O3S/c1-19-11-4-2-3-10(7-11)8-16-12(17)14(15-13(16)18)5-6-20-9-14/h2-4,7H,5-6,8-9H2,1H3,(H,15,18). The monoisotopic (exact) mass is 292 g/mol. The van der Waals surface area contributed by atoms with E-state index in [0.29, 0.717) is 5.75 Å². The summed E-state index contributed by atoms with van der Waals surface area (Å²) < 4.78 is 5.16. The van der Waals surface area contributed by atoms with Crippen molar-refractivity contribution < 1.29 is 14.3 Å². The van der Waals surface area contributed by atoms with E-state index in [1.165, 1.54) is 4.90 Å². The van der Waals surface area contributed by atoms with Crippen LogP contribution in [0.3, 0.4) is 0 Å². The summed E-state index contributed by atoms with van der Waals surface area (Å²) in [7, 11) is 1.59. The van der Waals surface area contributed by atoms with Crippen molar-refractivity contribution in [2.24, 2.45) is 0 Å². The second-order valence-corrected chi connectivity index (χ2v) is 6.16. The van der Waals surface area contributed by atoms with Gasteiger partial charge in [0.15, 0.2) is 0 Å². The zero-order valence-corrected chi connectivity index (χ0v) is 12.0. The predicted molar refractivity (Wildman–Crippen MR) is 76.7 cm³/mol. The lowest BCUT2D eigenvalue weighted by atomic mass is 9.99. The molecule has 20 heavy (non-hydrogen) atoms. The maximum atomic E-state index is 12.5. The SMILES string of the molecule is COc1cccc(CN2C(=O)NC3(CCSC3)C2=O)c1. The van der Waals surface area contributed by atoms with Crippen molar-refractivity contribution in [2.75, 3.05) is 18.6 Å². The average molecular weight is 292 g/mol. The third-order valence-electron chi connectivity index (χ3n) is 3.74. The highest BCUT2D eigenvalue weighted by molar-refractivity contribution is 7.99. The summed E-state index contributed by atoms with van der Waals surface area (Å²) in [5.41, 5.74) is 0.219. The van der Waals surface area contributed by atoms with E-state index in [0.717, 1.165) is 23.5 Å². The van der Waals surface area contributed by atoms with Crippen LogP contribution < -0.4 is 10.1 Å². The van der Waals surface area contributed by atoms with Crippen LogP contribution in [0.5, 0.6) is 5.75 Å². The third kappa shape index (κ3) is 2.14. The fourth-order valence-electron chi connectivity index (χ4n) is 2.61. The molecule has 0 saturated carbocycles. The van der Waals surface area contributed by atoms with Gasteiger partial charge in [-0.2, -0.15) is 11.8 Å². The molecule has 2 fully saturated rings. The highest BCUT2D eigenvalue weighted by Crippen LogP contribution is 2.34. The molecule has 106 valence electrons. The Labute approximate surface area is 121 Å². The van der Waals surface area contributed by atoms with Gasteiger partial charge in [-0.3, -0.25) is 9.69 Å².